The summed E-state index contributed by atoms with van der Waals surface area (Å²) in [6.07, 6.45) is 1.23. The Hall–Kier alpha value is -4.05. The summed E-state index contributed by atoms with van der Waals surface area (Å²) in [5.41, 5.74) is 1.72. The van der Waals surface area contributed by atoms with Crippen molar-refractivity contribution in [1.82, 2.24) is 10.2 Å². The molecule has 2 amide bonds. The first-order valence-corrected chi connectivity index (χ1v) is 15.9. The van der Waals surface area contributed by atoms with E-state index in [9.17, 15) is 18.0 Å². The monoisotopic (exact) mass is 639 g/mol. The number of carbonyl (C=O) groups excluding carboxylic acids is 2. The minimum atomic E-state index is -3.91. The van der Waals surface area contributed by atoms with Crippen LogP contribution in [0.4, 0.5) is 5.69 Å². The quantitative estimate of drug-likeness (QED) is 0.207. The van der Waals surface area contributed by atoms with Crippen LogP contribution < -0.4 is 14.4 Å². The molecular formula is C32H31Cl2N3O5S. The number of nitrogens with one attached hydrogen (secondary N) is 1. The number of anilines is 1. The third kappa shape index (κ3) is 8.73. The average Bonchev–Trinajstić information content (AvgIpc) is 3.00. The van der Waals surface area contributed by atoms with Crippen LogP contribution in [0.15, 0.2) is 103 Å². The van der Waals surface area contributed by atoms with Gasteiger partial charge >= 0.3 is 0 Å². The van der Waals surface area contributed by atoms with Gasteiger partial charge in [-0.2, -0.15) is 0 Å². The van der Waals surface area contributed by atoms with Crippen molar-refractivity contribution in [2.75, 3.05) is 24.2 Å². The van der Waals surface area contributed by atoms with Crippen LogP contribution in [-0.2, 0) is 32.6 Å². The smallest absolute Gasteiger partial charge is 0.244 e. The molecule has 4 aromatic rings. The summed E-state index contributed by atoms with van der Waals surface area (Å²) in [6.45, 7) is -0.552. The van der Waals surface area contributed by atoms with Gasteiger partial charge in [-0.15, -0.1) is 0 Å². The van der Waals surface area contributed by atoms with E-state index < -0.39 is 34.4 Å². The van der Waals surface area contributed by atoms with Gasteiger partial charge in [0.1, 0.15) is 24.1 Å². The molecule has 43 heavy (non-hydrogen) atoms. The molecule has 0 aromatic heterocycles. The highest BCUT2D eigenvalue weighted by atomic mass is 35.5. The SMILES string of the molecule is CNC(=O)[C@H](Cc1ccccc1)N(Cc1ccc(Cl)c(Cl)c1)C(=O)CN(c1ccc(Oc2ccccc2)cc1)S(C)(=O)=O. The third-order valence-corrected chi connectivity index (χ3v) is 8.52. The van der Waals surface area contributed by atoms with Gasteiger partial charge in [0, 0.05) is 20.0 Å². The molecule has 0 saturated heterocycles. The molecule has 1 N–H and O–H groups in total. The summed E-state index contributed by atoms with van der Waals surface area (Å²) < 4.78 is 32.8. The number of sulfonamides is 1. The fourth-order valence-corrected chi connectivity index (χ4v) is 5.64. The molecule has 0 fully saturated rings. The highest BCUT2D eigenvalue weighted by molar-refractivity contribution is 7.92. The summed E-state index contributed by atoms with van der Waals surface area (Å²) in [5, 5.41) is 3.28. The van der Waals surface area contributed by atoms with Gasteiger partial charge in [0.2, 0.25) is 21.8 Å². The molecule has 0 radical (unpaired) electrons. The Labute approximate surface area is 261 Å². The Morgan fingerprint density at radius 2 is 1.42 bits per heavy atom. The van der Waals surface area contributed by atoms with E-state index in [4.69, 9.17) is 27.9 Å². The summed E-state index contributed by atoms with van der Waals surface area (Å²) in [5.74, 6) is 0.150. The van der Waals surface area contributed by atoms with E-state index in [-0.39, 0.29) is 18.7 Å². The molecule has 0 aliphatic carbocycles. The number of carbonyl (C=O) groups is 2. The molecule has 0 unspecified atom stereocenters. The number of likely N-dealkylation sites (N-methyl/N-ethyl adjacent to an activating group) is 1. The van der Waals surface area contributed by atoms with Gasteiger partial charge in [-0.1, -0.05) is 77.8 Å². The molecule has 0 spiro atoms. The van der Waals surface area contributed by atoms with Crippen LogP contribution in [0.25, 0.3) is 0 Å². The van der Waals surface area contributed by atoms with Crippen molar-refractivity contribution in [2.45, 2.75) is 19.0 Å². The molecule has 8 nitrogen and oxygen atoms in total. The number of benzene rings is 4. The molecule has 0 aliphatic rings. The lowest BCUT2D eigenvalue weighted by atomic mass is 10.0. The van der Waals surface area contributed by atoms with E-state index in [1.807, 2.05) is 48.5 Å². The van der Waals surface area contributed by atoms with Crippen LogP contribution >= 0.6 is 23.2 Å². The number of nitrogens with zero attached hydrogens (tertiary/aromatic N) is 2. The fraction of sp³-hybridized carbons (Fsp3) is 0.188. The normalized spacial score (nSPS) is 11.8. The van der Waals surface area contributed by atoms with E-state index in [0.717, 1.165) is 16.1 Å². The van der Waals surface area contributed by atoms with Crippen LogP contribution in [0.1, 0.15) is 11.1 Å². The molecule has 0 saturated carbocycles. The standard InChI is InChI=1S/C32H31Cl2N3O5S/c1-35-32(39)30(20-23-9-5-3-6-10-23)36(21-24-13-18-28(33)29(34)19-24)31(38)22-37(43(2,40)41)25-14-16-27(17-15-25)42-26-11-7-4-8-12-26/h3-19,30H,20-22H2,1-2H3,(H,35,39)/t30-/m0/s1. The van der Waals surface area contributed by atoms with Gasteiger partial charge in [0.25, 0.3) is 0 Å². The molecule has 1 atom stereocenters. The van der Waals surface area contributed by atoms with Crippen LogP contribution in [0.5, 0.6) is 11.5 Å². The first-order chi connectivity index (χ1) is 20.5. The maximum Gasteiger partial charge on any atom is 0.244 e. The van der Waals surface area contributed by atoms with Crippen LogP contribution in [-0.4, -0.2) is 51.0 Å². The highest BCUT2D eigenvalue weighted by Crippen LogP contribution is 2.27. The van der Waals surface area contributed by atoms with Crippen molar-refractivity contribution in [2.24, 2.45) is 0 Å². The number of hydrogen-bond acceptors (Lipinski definition) is 5. The Morgan fingerprint density at radius 1 is 0.814 bits per heavy atom. The maximum atomic E-state index is 14.0. The second kappa shape index (κ2) is 14.4. The lowest BCUT2D eigenvalue weighted by Gasteiger charge is -2.33. The number of rotatable bonds is 12. The predicted molar refractivity (Wildman–Crippen MR) is 170 cm³/mol. The fourth-order valence-electron chi connectivity index (χ4n) is 4.47. The van der Waals surface area contributed by atoms with Crippen LogP contribution in [0.2, 0.25) is 10.0 Å². The number of para-hydroxylation sites is 1. The second-order valence-corrected chi connectivity index (χ2v) is 12.5. The lowest BCUT2D eigenvalue weighted by Crippen LogP contribution is -2.52. The molecule has 224 valence electrons. The number of hydrogen-bond donors (Lipinski definition) is 1. The Morgan fingerprint density at radius 3 is 2.00 bits per heavy atom. The van der Waals surface area contributed by atoms with Crippen LogP contribution in [0.3, 0.4) is 0 Å². The molecular weight excluding hydrogens is 609 g/mol. The van der Waals surface area contributed by atoms with Crippen molar-refractivity contribution >= 4 is 50.7 Å². The molecule has 0 bridgehead atoms. The van der Waals surface area contributed by atoms with E-state index >= 15 is 0 Å². The first-order valence-electron chi connectivity index (χ1n) is 13.3. The summed E-state index contributed by atoms with van der Waals surface area (Å²) in [6, 6.07) is 28.8. The summed E-state index contributed by atoms with van der Waals surface area (Å²) >= 11 is 12.4. The largest absolute Gasteiger partial charge is 0.457 e. The van der Waals surface area contributed by atoms with E-state index in [2.05, 4.69) is 5.32 Å². The number of amides is 2. The van der Waals surface area contributed by atoms with Crippen molar-refractivity contribution in [3.63, 3.8) is 0 Å². The van der Waals surface area contributed by atoms with Crippen LogP contribution in [0, 0.1) is 0 Å². The summed E-state index contributed by atoms with van der Waals surface area (Å²) in [7, 11) is -2.42. The topological polar surface area (TPSA) is 96.0 Å². The average molecular weight is 641 g/mol. The molecule has 4 rings (SSSR count). The van der Waals surface area contributed by atoms with Gasteiger partial charge in [-0.3, -0.25) is 13.9 Å². The zero-order chi connectivity index (χ0) is 31.0. The first kappa shape index (κ1) is 31.9. The Bertz CT molecular complexity index is 1650. The molecule has 11 heteroatoms. The third-order valence-electron chi connectivity index (χ3n) is 6.64. The zero-order valence-corrected chi connectivity index (χ0v) is 25.9. The highest BCUT2D eigenvalue weighted by Gasteiger charge is 2.32. The van der Waals surface area contributed by atoms with Gasteiger partial charge in [0.15, 0.2) is 0 Å². The molecule has 0 heterocycles. The molecule has 4 aromatic carbocycles. The minimum Gasteiger partial charge on any atom is -0.457 e. The zero-order valence-electron chi connectivity index (χ0n) is 23.6. The van der Waals surface area contributed by atoms with E-state index in [0.29, 0.717) is 27.1 Å². The van der Waals surface area contributed by atoms with E-state index in [1.165, 1.54) is 11.9 Å². The lowest BCUT2D eigenvalue weighted by molar-refractivity contribution is -0.139. The predicted octanol–water partition coefficient (Wildman–Crippen LogP) is 5.94. The summed E-state index contributed by atoms with van der Waals surface area (Å²) in [4.78, 5) is 28.6. The van der Waals surface area contributed by atoms with Crippen molar-refractivity contribution in [1.29, 1.82) is 0 Å². The van der Waals surface area contributed by atoms with E-state index in [1.54, 1.807) is 54.6 Å². The minimum absolute atomic E-state index is 0.0118. The number of halogens is 2. The van der Waals surface area contributed by atoms with Crippen molar-refractivity contribution in [3.8, 4) is 11.5 Å². The second-order valence-electron chi connectivity index (χ2n) is 9.77. The Balaban J connectivity index is 1.66. The van der Waals surface area contributed by atoms with Crippen molar-refractivity contribution < 1.29 is 22.7 Å². The van der Waals surface area contributed by atoms with Gasteiger partial charge in [-0.25, -0.2) is 8.42 Å². The van der Waals surface area contributed by atoms with Gasteiger partial charge < -0.3 is 15.0 Å². The van der Waals surface area contributed by atoms with Crippen molar-refractivity contribution in [3.05, 3.63) is 124 Å². The Kier molecular flexibility index (Phi) is 10.7. The molecule has 0 aliphatic heterocycles. The number of ether oxygens (including phenoxy) is 1. The van der Waals surface area contributed by atoms with Gasteiger partial charge in [0.05, 0.1) is 22.0 Å². The van der Waals surface area contributed by atoms with Gasteiger partial charge in [-0.05, 0) is 59.7 Å². The maximum absolute atomic E-state index is 14.0.